The minimum absolute atomic E-state index is 0.128. The highest BCUT2D eigenvalue weighted by molar-refractivity contribution is 5.71. The molecule has 6 nitrogen and oxygen atoms in total. The Labute approximate surface area is 447 Å². The number of allylic oxidation sites excluding steroid dienone is 28. The normalized spacial score (nSPS) is 13.4. The first-order valence-corrected chi connectivity index (χ1v) is 28.6. The van der Waals surface area contributed by atoms with Gasteiger partial charge in [-0.15, -0.1) is 0 Å². The van der Waals surface area contributed by atoms with Gasteiger partial charge in [0.1, 0.15) is 13.2 Å². The Morgan fingerprint density at radius 2 is 0.493 bits per heavy atom. The molecule has 0 aliphatic carbocycles. The fraction of sp³-hybridized carbons (Fsp3) is 0.537. The van der Waals surface area contributed by atoms with Crippen LogP contribution in [0.25, 0.3) is 0 Å². The lowest BCUT2D eigenvalue weighted by atomic mass is 10.1. The molecule has 0 fully saturated rings. The molecule has 0 N–H and O–H groups in total. The van der Waals surface area contributed by atoms with E-state index in [-0.39, 0.29) is 50.4 Å². The van der Waals surface area contributed by atoms with E-state index in [4.69, 9.17) is 14.2 Å². The van der Waals surface area contributed by atoms with E-state index >= 15 is 0 Å². The van der Waals surface area contributed by atoms with Gasteiger partial charge >= 0.3 is 17.9 Å². The van der Waals surface area contributed by atoms with Gasteiger partial charge in [0.05, 0.1) is 0 Å². The fourth-order valence-electron chi connectivity index (χ4n) is 7.01. The summed E-state index contributed by atoms with van der Waals surface area (Å²) in [4.78, 5) is 38.2. The Bertz CT molecular complexity index is 1720. The smallest absolute Gasteiger partial charge is 0.306 e. The third-order valence-corrected chi connectivity index (χ3v) is 11.2. The van der Waals surface area contributed by atoms with Crippen LogP contribution >= 0.6 is 0 Å². The third-order valence-electron chi connectivity index (χ3n) is 11.2. The quantitative estimate of drug-likeness (QED) is 0.0261. The SMILES string of the molecule is CC/C=C\C/C=C\C/C=C\C/C=C\C/C=C\C/C=C\CCCCC(=O)OCC(COC(=O)CCCC/C=C\C/C=C\C/C=C\C/C=C\CC)OC(=O)CCCCCCCC/C=C\C/C=C\C/C=C\C/C=C\CC. The monoisotopic (exact) mass is 1000 g/mol. The molecule has 0 heterocycles. The topological polar surface area (TPSA) is 78.9 Å². The van der Waals surface area contributed by atoms with Gasteiger partial charge < -0.3 is 14.2 Å². The van der Waals surface area contributed by atoms with Gasteiger partial charge in [-0.2, -0.15) is 0 Å². The number of ether oxygens (including phenoxy) is 3. The van der Waals surface area contributed by atoms with Crippen molar-refractivity contribution in [2.24, 2.45) is 0 Å². The van der Waals surface area contributed by atoms with Gasteiger partial charge in [0.15, 0.2) is 6.10 Å². The van der Waals surface area contributed by atoms with Crippen LogP contribution in [0.2, 0.25) is 0 Å². The lowest BCUT2D eigenvalue weighted by molar-refractivity contribution is -0.167. The van der Waals surface area contributed by atoms with E-state index in [9.17, 15) is 14.4 Å². The van der Waals surface area contributed by atoms with Crippen molar-refractivity contribution >= 4 is 17.9 Å². The molecule has 0 radical (unpaired) electrons. The molecule has 406 valence electrons. The lowest BCUT2D eigenvalue weighted by Gasteiger charge is -2.18. The molecule has 0 aliphatic rings. The zero-order chi connectivity index (χ0) is 52.9. The van der Waals surface area contributed by atoms with Crippen LogP contribution in [0.15, 0.2) is 170 Å². The van der Waals surface area contributed by atoms with Crippen molar-refractivity contribution in [3.8, 4) is 0 Å². The Kier molecular flexibility index (Phi) is 55.1. The maximum absolute atomic E-state index is 12.9. The van der Waals surface area contributed by atoms with Crippen molar-refractivity contribution in [1.29, 1.82) is 0 Å². The van der Waals surface area contributed by atoms with Crippen molar-refractivity contribution in [2.75, 3.05) is 13.2 Å². The second-order valence-electron chi connectivity index (χ2n) is 18.0. The third kappa shape index (κ3) is 57.5. The predicted octanol–water partition coefficient (Wildman–Crippen LogP) is 19.5. The van der Waals surface area contributed by atoms with E-state index in [1.165, 1.54) is 12.8 Å². The summed E-state index contributed by atoms with van der Waals surface area (Å²) in [5.41, 5.74) is 0. The Hall–Kier alpha value is -5.23. The molecule has 0 aliphatic heterocycles. The first kappa shape index (κ1) is 67.8. The van der Waals surface area contributed by atoms with Crippen LogP contribution in [0.4, 0.5) is 0 Å². The minimum Gasteiger partial charge on any atom is -0.462 e. The zero-order valence-electron chi connectivity index (χ0n) is 46.3. The van der Waals surface area contributed by atoms with Crippen LogP contribution in [-0.2, 0) is 28.6 Å². The summed E-state index contributed by atoms with van der Waals surface area (Å²) < 4.78 is 16.8. The van der Waals surface area contributed by atoms with Gasteiger partial charge in [0, 0.05) is 19.3 Å². The van der Waals surface area contributed by atoms with Crippen LogP contribution in [0.1, 0.15) is 213 Å². The van der Waals surface area contributed by atoms with Gasteiger partial charge in [-0.05, 0) is 148 Å². The van der Waals surface area contributed by atoms with E-state index < -0.39 is 6.10 Å². The molecule has 0 aromatic heterocycles. The highest BCUT2D eigenvalue weighted by Gasteiger charge is 2.19. The van der Waals surface area contributed by atoms with Crippen molar-refractivity contribution in [1.82, 2.24) is 0 Å². The molecule has 0 aromatic rings. The van der Waals surface area contributed by atoms with E-state index in [0.29, 0.717) is 12.8 Å². The number of carbonyl (C=O) groups is 3. The summed E-state index contributed by atoms with van der Waals surface area (Å²) in [6.07, 6.45) is 87.7. The molecule has 0 amide bonds. The van der Waals surface area contributed by atoms with Gasteiger partial charge in [-0.3, -0.25) is 14.4 Å². The Balaban J connectivity index is 4.59. The number of hydrogen-bond donors (Lipinski definition) is 0. The summed E-state index contributed by atoms with van der Waals surface area (Å²) in [7, 11) is 0. The fourth-order valence-corrected chi connectivity index (χ4v) is 7.01. The van der Waals surface area contributed by atoms with E-state index in [2.05, 4.69) is 191 Å². The largest absolute Gasteiger partial charge is 0.462 e. The average molecular weight is 1000 g/mol. The van der Waals surface area contributed by atoms with E-state index in [1.54, 1.807) is 0 Å². The number of carbonyl (C=O) groups excluding carboxylic acids is 3. The van der Waals surface area contributed by atoms with Gasteiger partial charge in [-0.1, -0.05) is 217 Å². The highest BCUT2D eigenvalue weighted by Crippen LogP contribution is 2.12. The molecular formula is C67H102O6. The average Bonchev–Trinajstić information content (AvgIpc) is 3.39. The van der Waals surface area contributed by atoms with Crippen molar-refractivity contribution in [3.05, 3.63) is 170 Å². The van der Waals surface area contributed by atoms with Crippen molar-refractivity contribution < 1.29 is 28.6 Å². The predicted molar refractivity (Wildman–Crippen MR) is 315 cm³/mol. The second kappa shape index (κ2) is 59.3. The van der Waals surface area contributed by atoms with Gasteiger partial charge in [-0.25, -0.2) is 0 Å². The summed E-state index contributed by atoms with van der Waals surface area (Å²) in [6.45, 7) is 6.19. The van der Waals surface area contributed by atoms with Crippen LogP contribution in [0, 0.1) is 0 Å². The van der Waals surface area contributed by atoms with Crippen molar-refractivity contribution in [2.45, 2.75) is 219 Å². The number of rotatable bonds is 49. The second-order valence-corrected chi connectivity index (χ2v) is 18.0. The Morgan fingerprint density at radius 3 is 0.795 bits per heavy atom. The lowest BCUT2D eigenvalue weighted by Crippen LogP contribution is -2.30. The highest BCUT2D eigenvalue weighted by atomic mass is 16.6. The first-order valence-electron chi connectivity index (χ1n) is 28.6. The zero-order valence-corrected chi connectivity index (χ0v) is 46.3. The van der Waals surface area contributed by atoms with Crippen LogP contribution < -0.4 is 0 Å². The van der Waals surface area contributed by atoms with Crippen molar-refractivity contribution in [3.63, 3.8) is 0 Å². The molecule has 0 aromatic carbocycles. The molecule has 1 atom stereocenters. The standard InChI is InChI=1S/C67H102O6/c1-4-7-10-13-16-19-22-25-28-30-32-33-35-36-39-42-45-48-51-54-57-60-66(69)72-63-64(62-71-65(68)59-56-53-50-47-44-41-38-27-24-21-18-15-12-9-6-3)73-67(70)61-58-55-52-49-46-43-40-37-34-31-29-26-23-20-17-14-11-8-5-2/h7-12,16-21,25-29,32-34,36-39,44-45,47-48,64H,4-6,13-15,22-24,30-31,35,40-43,46,49-63H2,1-3H3/b10-7-,11-8-,12-9-,19-16-,20-17-,21-18-,28-25-,29-26-,33-32-,37-34-,38-27-,39-36-,47-44-,48-45-. The minimum atomic E-state index is -0.831. The van der Waals surface area contributed by atoms with Crippen LogP contribution in [0.3, 0.4) is 0 Å². The molecule has 0 spiro atoms. The molecule has 0 saturated heterocycles. The number of hydrogen-bond acceptors (Lipinski definition) is 6. The molecule has 0 rings (SSSR count). The maximum atomic E-state index is 12.9. The van der Waals surface area contributed by atoms with Gasteiger partial charge in [0.25, 0.3) is 0 Å². The summed E-state index contributed by atoms with van der Waals surface area (Å²) >= 11 is 0. The first-order chi connectivity index (χ1) is 36.0. The summed E-state index contributed by atoms with van der Waals surface area (Å²) in [6, 6.07) is 0. The molecule has 0 bridgehead atoms. The van der Waals surface area contributed by atoms with E-state index in [0.717, 1.165) is 148 Å². The van der Waals surface area contributed by atoms with E-state index in [1.807, 2.05) is 0 Å². The molecule has 0 saturated carbocycles. The van der Waals surface area contributed by atoms with Gasteiger partial charge in [0.2, 0.25) is 0 Å². The molecular weight excluding hydrogens is 901 g/mol. The molecule has 6 heteroatoms. The summed E-state index contributed by atoms with van der Waals surface area (Å²) in [5.74, 6) is -1.03. The molecule has 73 heavy (non-hydrogen) atoms. The molecule has 1 unspecified atom stereocenters. The number of esters is 3. The van der Waals surface area contributed by atoms with Crippen LogP contribution in [0.5, 0.6) is 0 Å². The Morgan fingerprint density at radius 1 is 0.274 bits per heavy atom. The summed E-state index contributed by atoms with van der Waals surface area (Å²) in [5, 5.41) is 0. The maximum Gasteiger partial charge on any atom is 0.306 e. The number of unbranched alkanes of at least 4 members (excludes halogenated alkanes) is 10. The van der Waals surface area contributed by atoms with Crippen LogP contribution in [-0.4, -0.2) is 37.2 Å².